The average molecular weight is 355 g/mol. The van der Waals surface area contributed by atoms with Crippen LogP contribution in [0.4, 0.5) is 5.95 Å². The van der Waals surface area contributed by atoms with Crippen molar-refractivity contribution in [3.8, 4) is 0 Å². The minimum atomic E-state index is -0.169. The van der Waals surface area contributed by atoms with E-state index in [0.717, 1.165) is 13.1 Å². The Morgan fingerprint density at radius 1 is 1.15 bits per heavy atom. The standard InChI is InChI=1S/C18H21N5O3/c24-16-4-1-2-7-21(16)13-17(25)23-11-14-10-22(8-9-26-15(14)12-23)18-19-5-3-6-20-18/h1-7,14-15H,8-13H2/t14-,15+/m0/s1. The van der Waals surface area contributed by atoms with Crippen LogP contribution in [0, 0.1) is 5.92 Å². The molecule has 2 fully saturated rings. The molecule has 2 aliphatic rings. The number of nitrogens with zero attached hydrogens (tertiary/aromatic N) is 5. The lowest BCUT2D eigenvalue weighted by molar-refractivity contribution is -0.131. The van der Waals surface area contributed by atoms with Crippen molar-refractivity contribution in [1.29, 1.82) is 0 Å². The van der Waals surface area contributed by atoms with Gasteiger partial charge in [0, 0.05) is 56.8 Å². The minimum absolute atomic E-state index is 0.0140. The first-order valence-electron chi connectivity index (χ1n) is 8.77. The van der Waals surface area contributed by atoms with Gasteiger partial charge in [-0.05, 0) is 12.1 Å². The van der Waals surface area contributed by atoms with Crippen molar-refractivity contribution in [2.75, 3.05) is 37.7 Å². The third kappa shape index (κ3) is 3.45. The second-order valence-electron chi connectivity index (χ2n) is 6.63. The van der Waals surface area contributed by atoms with E-state index in [1.165, 1.54) is 10.6 Å². The lowest BCUT2D eigenvalue weighted by atomic mass is 10.1. The summed E-state index contributed by atoms with van der Waals surface area (Å²) in [6.07, 6.45) is 5.11. The van der Waals surface area contributed by atoms with Gasteiger partial charge in [-0.1, -0.05) is 6.07 Å². The molecular weight excluding hydrogens is 334 g/mol. The molecule has 0 aliphatic carbocycles. The highest BCUT2D eigenvalue weighted by Crippen LogP contribution is 2.25. The van der Waals surface area contributed by atoms with Crippen LogP contribution >= 0.6 is 0 Å². The largest absolute Gasteiger partial charge is 0.374 e. The van der Waals surface area contributed by atoms with E-state index in [4.69, 9.17) is 4.74 Å². The van der Waals surface area contributed by atoms with E-state index in [1.54, 1.807) is 41.7 Å². The molecule has 2 atom stereocenters. The minimum Gasteiger partial charge on any atom is -0.374 e. The van der Waals surface area contributed by atoms with Crippen molar-refractivity contribution < 1.29 is 9.53 Å². The SMILES string of the molecule is O=C(Cn1ccccc1=O)N1C[C@@H]2CN(c3ncccn3)CCO[C@@H]2C1. The summed E-state index contributed by atoms with van der Waals surface area (Å²) in [5.41, 5.74) is -0.169. The molecule has 2 saturated heterocycles. The summed E-state index contributed by atoms with van der Waals surface area (Å²) >= 11 is 0. The molecule has 0 saturated carbocycles. The number of rotatable bonds is 3. The molecule has 2 aromatic heterocycles. The highest BCUT2D eigenvalue weighted by molar-refractivity contribution is 5.76. The summed E-state index contributed by atoms with van der Waals surface area (Å²) in [4.78, 5) is 37.0. The molecule has 4 heterocycles. The van der Waals surface area contributed by atoms with Crippen molar-refractivity contribution in [1.82, 2.24) is 19.4 Å². The fourth-order valence-corrected chi connectivity index (χ4v) is 3.57. The quantitative estimate of drug-likeness (QED) is 0.771. The maximum atomic E-state index is 12.6. The van der Waals surface area contributed by atoms with Gasteiger partial charge in [0.1, 0.15) is 6.54 Å². The number of likely N-dealkylation sites (tertiary alicyclic amines) is 1. The Kier molecular flexibility index (Phi) is 4.66. The third-order valence-electron chi connectivity index (χ3n) is 4.92. The number of hydrogen-bond donors (Lipinski definition) is 0. The number of ether oxygens (including phenoxy) is 1. The molecule has 2 aliphatic heterocycles. The van der Waals surface area contributed by atoms with Crippen LogP contribution in [0.3, 0.4) is 0 Å². The van der Waals surface area contributed by atoms with E-state index in [-0.39, 0.29) is 30.0 Å². The van der Waals surface area contributed by atoms with Crippen LogP contribution < -0.4 is 10.5 Å². The zero-order chi connectivity index (χ0) is 17.9. The number of pyridine rings is 1. The first-order chi connectivity index (χ1) is 12.7. The number of fused-ring (bicyclic) bond motifs is 1. The Morgan fingerprint density at radius 2 is 2.00 bits per heavy atom. The molecule has 0 N–H and O–H groups in total. The molecule has 0 aromatic carbocycles. The van der Waals surface area contributed by atoms with E-state index in [2.05, 4.69) is 14.9 Å². The highest BCUT2D eigenvalue weighted by Gasteiger charge is 2.38. The van der Waals surface area contributed by atoms with Gasteiger partial charge in [-0.25, -0.2) is 9.97 Å². The van der Waals surface area contributed by atoms with Gasteiger partial charge in [-0.15, -0.1) is 0 Å². The molecule has 136 valence electrons. The van der Waals surface area contributed by atoms with Crippen molar-refractivity contribution in [3.05, 3.63) is 53.2 Å². The third-order valence-corrected chi connectivity index (χ3v) is 4.92. The maximum absolute atomic E-state index is 12.6. The number of carbonyl (C=O) groups excluding carboxylic acids is 1. The molecule has 26 heavy (non-hydrogen) atoms. The second-order valence-corrected chi connectivity index (χ2v) is 6.63. The smallest absolute Gasteiger partial charge is 0.250 e. The summed E-state index contributed by atoms with van der Waals surface area (Å²) in [5.74, 6) is 0.840. The maximum Gasteiger partial charge on any atom is 0.250 e. The summed E-state index contributed by atoms with van der Waals surface area (Å²) in [5, 5.41) is 0. The first-order valence-corrected chi connectivity index (χ1v) is 8.77. The summed E-state index contributed by atoms with van der Waals surface area (Å²) in [6.45, 7) is 3.32. The Morgan fingerprint density at radius 3 is 2.81 bits per heavy atom. The number of amides is 1. The van der Waals surface area contributed by atoms with Crippen molar-refractivity contribution in [3.63, 3.8) is 0 Å². The van der Waals surface area contributed by atoms with E-state index in [1.807, 2.05) is 0 Å². The molecule has 0 unspecified atom stereocenters. The van der Waals surface area contributed by atoms with Crippen LogP contribution in [-0.4, -0.2) is 64.2 Å². The zero-order valence-corrected chi connectivity index (χ0v) is 14.4. The predicted molar refractivity (Wildman–Crippen MR) is 94.8 cm³/mol. The van der Waals surface area contributed by atoms with E-state index < -0.39 is 0 Å². The van der Waals surface area contributed by atoms with Crippen LogP contribution in [0.2, 0.25) is 0 Å². The predicted octanol–water partition coefficient (Wildman–Crippen LogP) is 0.00210. The van der Waals surface area contributed by atoms with Gasteiger partial charge in [-0.2, -0.15) is 0 Å². The molecule has 4 rings (SSSR count). The Labute approximate surface area is 151 Å². The van der Waals surface area contributed by atoms with E-state index >= 15 is 0 Å². The topological polar surface area (TPSA) is 80.6 Å². The van der Waals surface area contributed by atoms with Crippen LogP contribution in [0.1, 0.15) is 0 Å². The van der Waals surface area contributed by atoms with Crippen LogP contribution in [0.25, 0.3) is 0 Å². The van der Waals surface area contributed by atoms with Crippen molar-refractivity contribution in [2.24, 2.45) is 5.92 Å². The van der Waals surface area contributed by atoms with E-state index in [9.17, 15) is 9.59 Å². The zero-order valence-electron chi connectivity index (χ0n) is 14.4. The monoisotopic (exact) mass is 355 g/mol. The lowest BCUT2D eigenvalue weighted by Gasteiger charge is -2.23. The average Bonchev–Trinajstić information content (AvgIpc) is 2.96. The molecule has 8 nitrogen and oxygen atoms in total. The fraction of sp³-hybridized carbons (Fsp3) is 0.444. The van der Waals surface area contributed by atoms with Crippen LogP contribution in [-0.2, 0) is 16.1 Å². The van der Waals surface area contributed by atoms with Crippen molar-refractivity contribution >= 4 is 11.9 Å². The number of anilines is 1. The Bertz CT molecular complexity index is 825. The van der Waals surface area contributed by atoms with Crippen LogP contribution in [0.5, 0.6) is 0 Å². The van der Waals surface area contributed by atoms with Gasteiger partial charge in [0.25, 0.3) is 5.56 Å². The normalized spacial score (nSPS) is 22.8. The number of hydrogen-bond acceptors (Lipinski definition) is 6. The van der Waals surface area contributed by atoms with Gasteiger partial charge in [0.05, 0.1) is 12.7 Å². The summed E-state index contributed by atoms with van der Waals surface area (Å²) in [6, 6.07) is 6.68. The second kappa shape index (κ2) is 7.25. The molecule has 1 amide bonds. The highest BCUT2D eigenvalue weighted by atomic mass is 16.5. The Balaban J connectivity index is 1.43. The molecular formula is C18H21N5O3. The number of aromatic nitrogens is 3. The van der Waals surface area contributed by atoms with Crippen LogP contribution in [0.15, 0.2) is 47.7 Å². The van der Waals surface area contributed by atoms with Gasteiger partial charge in [0.2, 0.25) is 11.9 Å². The van der Waals surface area contributed by atoms with Gasteiger partial charge in [-0.3, -0.25) is 9.59 Å². The lowest BCUT2D eigenvalue weighted by Crippen LogP contribution is -2.37. The van der Waals surface area contributed by atoms with Gasteiger partial charge >= 0.3 is 0 Å². The van der Waals surface area contributed by atoms with Crippen molar-refractivity contribution in [2.45, 2.75) is 12.6 Å². The summed E-state index contributed by atoms with van der Waals surface area (Å²) in [7, 11) is 0. The Hall–Kier alpha value is -2.74. The number of carbonyl (C=O) groups is 1. The molecule has 0 spiro atoms. The first kappa shape index (κ1) is 16.7. The summed E-state index contributed by atoms with van der Waals surface area (Å²) < 4.78 is 7.41. The molecule has 0 bridgehead atoms. The van der Waals surface area contributed by atoms with Gasteiger partial charge < -0.3 is 19.1 Å². The molecule has 0 radical (unpaired) electrons. The van der Waals surface area contributed by atoms with E-state index in [0.29, 0.717) is 25.6 Å². The fourth-order valence-electron chi connectivity index (χ4n) is 3.57. The molecule has 8 heteroatoms. The van der Waals surface area contributed by atoms with Gasteiger partial charge in [0.15, 0.2) is 0 Å². The molecule has 2 aromatic rings.